The number of rotatable bonds is 5. The highest BCUT2D eigenvalue weighted by molar-refractivity contribution is 6.24. The molecule has 2 N–H and O–H groups in total. The van der Waals surface area contributed by atoms with Crippen molar-refractivity contribution in [2.45, 2.75) is 12.8 Å². The molecule has 0 aliphatic heterocycles. The van der Waals surface area contributed by atoms with Crippen LogP contribution in [0.15, 0.2) is 36.0 Å². The fourth-order valence-corrected chi connectivity index (χ4v) is 1.91. The van der Waals surface area contributed by atoms with E-state index in [1.807, 2.05) is 0 Å². The molecule has 5 nitrogen and oxygen atoms in total. The zero-order chi connectivity index (χ0) is 13.8. The number of nitrogens with one attached hydrogen (secondary N) is 1. The third-order valence-corrected chi connectivity index (χ3v) is 2.84. The lowest BCUT2D eigenvalue weighted by Crippen LogP contribution is -2.27. The molecule has 98 valence electrons. The molecule has 1 aliphatic carbocycles. The first kappa shape index (κ1) is 13.0. The van der Waals surface area contributed by atoms with Gasteiger partial charge in [-0.3, -0.25) is 14.4 Å². The summed E-state index contributed by atoms with van der Waals surface area (Å²) in [5.41, 5.74) is 1.02. The second-order valence-electron chi connectivity index (χ2n) is 4.22. The summed E-state index contributed by atoms with van der Waals surface area (Å²) in [5, 5.41) is 11.3. The summed E-state index contributed by atoms with van der Waals surface area (Å²) in [6.07, 6.45) is 1.69. The monoisotopic (exact) mass is 259 g/mol. The minimum Gasteiger partial charge on any atom is -0.481 e. The van der Waals surface area contributed by atoms with Crippen molar-refractivity contribution in [3.8, 4) is 0 Å². The average Bonchev–Trinajstić information content (AvgIpc) is 2.40. The molecule has 0 atom stereocenters. The van der Waals surface area contributed by atoms with Gasteiger partial charge in [0.1, 0.15) is 0 Å². The second kappa shape index (κ2) is 5.48. The summed E-state index contributed by atoms with van der Waals surface area (Å²) in [5.74, 6) is -1.33. The molecule has 0 saturated carbocycles. The van der Waals surface area contributed by atoms with Gasteiger partial charge in [0.05, 0.1) is 5.70 Å². The number of benzene rings is 1. The Morgan fingerprint density at radius 3 is 2.53 bits per heavy atom. The van der Waals surface area contributed by atoms with Gasteiger partial charge in [-0.15, -0.1) is 0 Å². The highest BCUT2D eigenvalue weighted by Crippen LogP contribution is 2.19. The van der Waals surface area contributed by atoms with Crippen molar-refractivity contribution in [2.75, 3.05) is 6.54 Å². The molecule has 0 aromatic heterocycles. The molecule has 1 aromatic carbocycles. The van der Waals surface area contributed by atoms with Gasteiger partial charge in [0.15, 0.2) is 5.78 Å². The van der Waals surface area contributed by atoms with Gasteiger partial charge < -0.3 is 10.4 Å². The molecule has 0 bridgehead atoms. The molecule has 0 unspecified atom stereocenters. The van der Waals surface area contributed by atoms with E-state index in [1.54, 1.807) is 24.3 Å². The normalized spacial score (nSPS) is 13.8. The Morgan fingerprint density at radius 1 is 1.16 bits per heavy atom. The Balaban J connectivity index is 2.06. The quantitative estimate of drug-likeness (QED) is 0.781. The highest BCUT2D eigenvalue weighted by atomic mass is 16.4. The van der Waals surface area contributed by atoms with E-state index in [0.717, 1.165) is 0 Å². The van der Waals surface area contributed by atoms with Crippen molar-refractivity contribution in [3.63, 3.8) is 0 Å². The molecule has 0 heterocycles. The van der Waals surface area contributed by atoms with Crippen LogP contribution >= 0.6 is 0 Å². The summed E-state index contributed by atoms with van der Waals surface area (Å²) in [4.78, 5) is 34.3. The van der Waals surface area contributed by atoms with Crippen LogP contribution in [-0.4, -0.2) is 29.2 Å². The summed E-state index contributed by atoms with van der Waals surface area (Å²) < 4.78 is 0. The molecule has 0 radical (unpaired) electrons. The standard InChI is InChI=1S/C14H13NO4/c16-12-8-11(15-7-3-6-13(17)18)14(19)10-5-2-1-4-9(10)12/h1-2,4-5,8,15H,3,6-7H2,(H,17,18). The van der Waals surface area contributed by atoms with Crippen molar-refractivity contribution in [2.24, 2.45) is 0 Å². The van der Waals surface area contributed by atoms with Crippen LogP contribution in [0, 0.1) is 0 Å². The lowest BCUT2D eigenvalue weighted by atomic mass is 9.93. The fraction of sp³-hybridized carbons (Fsp3) is 0.214. The number of carbonyl (C=O) groups is 3. The Labute approximate surface area is 109 Å². The smallest absolute Gasteiger partial charge is 0.303 e. The number of hydrogen-bond donors (Lipinski definition) is 2. The third-order valence-electron chi connectivity index (χ3n) is 2.84. The molecule has 2 rings (SSSR count). The predicted octanol–water partition coefficient (Wildman–Crippen LogP) is 1.40. The SMILES string of the molecule is O=C(O)CCCNC1=CC(=O)c2ccccc2C1=O. The van der Waals surface area contributed by atoms with Crippen LogP contribution in [0.2, 0.25) is 0 Å². The van der Waals surface area contributed by atoms with Crippen LogP contribution < -0.4 is 5.32 Å². The fourth-order valence-electron chi connectivity index (χ4n) is 1.91. The van der Waals surface area contributed by atoms with Gasteiger partial charge in [-0.2, -0.15) is 0 Å². The number of carbonyl (C=O) groups excluding carboxylic acids is 2. The van der Waals surface area contributed by atoms with E-state index in [2.05, 4.69) is 5.32 Å². The summed E-state index contributed by atoms with van der Waals surface area (Å²) in [6.45, 7) is 0.347. The van der Waals surface area contributed by atoms with Crippen molar-refractivity contribution in [1.82, 2.24) is 5.32 Å². The maximum absolute atomic E-state index is 12.1. The highest BCUT2D eigenvalue weighted by Gasteiger charge is 2.24. The lowest BCUT2D eigenvalue weighted by Gasteiger charge is -2.16. The Hall–Kier alpha value is -2.43. The molecule has 0 fully saturated rings. The van der Waals surface area contributed by atoms with E-state index in [1.165, 1.54) is 6.08 Å². The predicted molar refractivity (Wildman–Crippen MR) is 68.1 cm³/mol. The molecular weight excluding hydrogens is 246 g/mol. The van der Waals surface area contributed by atoms with E-state index in [-0.39, 0.29) is 23.7 Å². The third kappa shape index (κ3) is 2.88. The molecule has 1 aliphatic rings. The number of carboxylic acid groups (broad SMARTS) is 1. The molecule has 1 aromatic rings. The van der Waals surface area contributed by atoms with Gasteiger partial charge in [0.25, 0.3) is 0 Å². The van der Waals surface area contributed by atoms with Crippen LogP contribution in [0.5, 0.6) is 0 Å². The first-order valence-corrected chi connectivity index (χ1v) is 5.95. The van der Waals surface area contributed by atoms with Crippen LogP contribution in [0.1, 0.15) is 33.6 Å². The minimum atomic E-state index is -0.882. The first-order chi connectivity index (χ1) is 9.09. The van der Waals surface area contributed by atoms with Gasteiger partial charge in [-0.05, 0) is 6.42 Å². The Morgan fingerprint density at radius 2 is 1.84 bits per heavy atom. The number of hydrogen-bond acceptors (Lipinski definition) is 4. The van der Waals surface area contributed by atoms with E-state index in [0.29, 0.717) is 24.1 Å². The van der Waals surface area contributed by atoms with Crippen LogP contribution in [-0.2, 0) is 4.79 Å². The van der Waals surface area contributed by atoms with Crippen LogP contribution in [0.4, 0.5) is 0 Å². The largest absolute Gasteiger partial charge is 0.481 e. The molecule has 19 heavy (non-hydrogen) atoms. The maximum atomic E-state index is 12.1. The maximum Gasteiger partial charge on any atom is 0.303 e. The number of fused-ring (bicyclic) bond motifs is 1. The van der Waals surface area contributed by atoms with Gasteiger partial charge in [-0.1, -0.05) is 24.3 Å². The van der Waals surface area contributed by atoms with Gasteiger partial charge in [0, 0.05) is 30.2 Å². The average molecular weight is 259 g/mol. The molecule has 0 spiro atoms. The van der Waals surface area contributed by atoms with E-state index >= 15 is 0 Å². The van der Waals surface area contributed by atoms with Crippen molar-refractivity contribution in [3.05, 3.63) is 47.2 Å². The summed E-state index contributed by atoms with van der Waals surface area (Å²) >= 11 is 0. The van der Waals surface area contributed by atoms with Crippen LogP contribution in [0.25, 0.3) is 0 Å². The number of aliphatic carboxylic acids is 1. The molecule has 0 saturated heterocycles. The number of ketones is 2. The van der Waals surface area contributed by atoms with E-state index < -0.39 is 5.97 Å². The summed E-state index contributed by atoms with van der Waals surface area (Å²) in [6, 6.07) is 6.65. The number of allylic oxidation sites excluding steroid dienone is 2. The Kier molecular flexibility index (Phi) is 3.75. The van der Waals surface area contributed by atoms with E-state index in [4.69, 9.17) is 5.11 Å². The van der Waals surface area contributed by atoms with Gasteiger partial charge >= 0.3 is 5.97 Å². The van der Waals surface area contributed by atoms with Crippen molar-refractivity contribution < 1.29 is 19.5 Å². The lowest BCUT2D eigenvalue weighted by molar-refractivity contribution is -0.137. The summed E-state index contributed by atoms with van der Waals surface area (Å²) in [7, 11) is 0. The van der Waals surface area contributed by atoms with Crippen molar-refractivity contribution in [1.29, 1.82) is 0 Å². The second-order valence-corrected chi connectivity index (χ2v) is 4.22. The van der Waals surface area contributed by atoms with Crippen molar-refractivity contribution >= 4 is 17.5 Å². The van der Waals surface area contributed by atoms with E-state index in [9.17, 15) is 14.4 Å². The first-order valence-electron chi connectivity index (χ1n) is 5.95. The number of carboxylic acids is 1. The molecule has 0 amide bonds. The number of Topliss-reactive ketones (excluding diaryl/α,β-unsaturated/α-hetero) is 1. The molecule has 5 heteroatoms. The zero-order valence-corrected chi connectivity index (χ0v) is 10.2. The zero-order valence-electron chi connectivity index (χ0n) is 10.2. The minimum absolute atomic E-state index is 0.0268. The van der Waals surface area contributed by atoms with Gasteiger partial charge in [-0.25, -0.2) is 0 Å². The molecular formula is C14H13NO4. The topological polar surface area (TPSA) is 83.5 Å². The Bertz CT molecular complexity index is 575. The van der Waals surface area contributed by atoms with Gasteiger partial charge in [0.2, 0.25) is 5.78 Å². The van der Waals surface area contributed by atoms with Crippen LogP contribution in [0.3, 0.4) is 0 Å².